The Bertz CT molecular complexity index is 4520. The molecule has 5 aromatic rings. The molecule has 5 aromatic carbocycles. The molecule has 8 aliphatic heterocycles. The van der Waals surface area contributed by atoms with Gasteiger partial charge < -0.3 is 63.0 Å². The molecule has 22 rings (SSSR count). The number of benzene rings is 5. The maximum atomic E-state index is 14.0. The predicted octanol–water partition coefficient (Wildman–Crippen LogP) is -2.17. The molecule has 12 atom stereocenters. The average molecular weight is 1750 g/mol. The molecule has 4 saturated carbocycles. The van der Waals surface area contributed by atoms with E-state index >= 15 is 0 Å². The van der Waals surface area contributed by atoms with Crippen LogP contribution in [-0.4, -0.2) is 177 Å². The van der Waals surface area contributed by atoms with Gasteiger partial charge in [0.25, 0.3) is 5.79 Å². The number of nitrogens with zero attached hydrogens (tertiary/aromatic N) is 4. The van der Waals surface area contributed by atoms with Gasteiger partial charge in [0.2, 0.25) is 0 Å². The molecule has 8 heterocycles. The summed E-state index contributed by atoms with van der Waals surface area (Å²) in [6, 6.07) is 32.5. The van der Waals surface area contributed by atoms with Crippen LogP contribution in [0.15, 0.2) is 133 Å². The number of ether oxygens (including phenoxy) is 10. The largest absolute Gasteiger partial charge is 1.00 e. The van der Waals surface area contributed by atoms with E-state index in [-0.39, 0.29) is 136 Å². The minimum Gasteiger partial charge on any atom is -0.550 e. The summed E-state index contributed by atoms with van der Waals surface area (Å²) >= 11 is -5.94. The maximum Gasteiger partial charge on any atom is 1.00 e. The van der Waals surface area contributed by atoms with Gasteiger partial charge in [0.1, 0.15) is 44.6 Å². The van der Waals surface area contributed by atoms with E-state index in [1.807, 2.05) is 78.9 Å². The summed E-state index contributed by atoms with van der Waals surface area (Å²) in [5.41, 5.74) is 17.5. The van der Waals surface area contributed by atoms with Crippen molar-refractivity contribution in [3.05, 3.63) is 177 Å². The third-order valence-electron chi connectivity index (χ3n) is 26.2. The Hall–Kier alpha value is -6.11. The number of carbonyl (C=O) groups excluding carboxylic acids is 4. The van der Waals surface area contributed by atoms with E-state index in [1.54, 1.807) is 35.5 Å². The van der Waals surface area contributed by atoms with Crippen molar-refractivity contribution < 1.29 is 175 Å². The monoisotopic (exact) mass is 1750 g/mol. The second kappa shape index (κ2) is 36.5. The summed E-state index contributed by atoms with van der Waals surface area (Å²) in [5.74, 6) is 6.06. The van der Waals surface area contributed by atoms with Crippen LogP contribution in [0.3, 0.4) is 0 Å². The Morgan fingerprint density at radius 3 is 1.57 bits per heavy atom. The number of aliphatic carboxylic acids is 1. The number of rotatable bonds is 15. The van der Waals surface area contributed by atoms with Crippen molar-refractivity contribution in [2.75, 3.05) is 74.8 Å². The topological polar surface area (TPSA) is 356 Å². The van der Waals surface area contributed by atoms with Crippen molar-refractivity contribution in [3.8, 4) is 34.5 Å². The number of carboxylic acids is 1. The summed E-state index contributed by atoms with van der Waals surface area (Å²) < 4.78 is 93.5. The fraction of sp³-hybridized carbons (Fsp3) is 0.540. The van der Waals surface area contributed by atoms with Crippen LogP contribution in [0.5, 0.6) is 34.5 Å². The Morgan fingerprint density at radius 1 is 0.581 bits per heavy atom. The van der Waals surface area contributed by atoms with Gasteiger partial charge in [-0.25, -0.2) is 19.9 Å². The summed E-state index contributed by atoms with van der Waals surface area (Å²) in [7, 11) is 8.44. The van der Waals surface area contributed by atoms with Crippen LogP contribution in [0.25, 0.3) is 0 Å². The number of allylic oxidation sites excluding steroid dienone is 2. The molecule has 624 valence electrons. The Balaban J connectivity index is 0.000000164. The Morgan fingerprint density at radius 2 is 1.05 bits per heavy atom. The quantitative estimate of drug-likeness (QED) is 0.0330. The normalized spacial score (nSPS) is 29.6. The van der Waals surface area contributed by atoms with Crippen LogP contribution in [0.2, 0.25) is 0 Å². The zero-order valence-corrected chi connectivity index (χ0v) is 71.3. The average Bonchev–Trinajstić information content (AvgIpc) is 1.60. The predicted molar refractivity (Wildman–Crippen MR) is 411 cm³/mol. The molecular weight excluding hydrogens is 1640 g/mol. The summed E-state index contributed by atoms with van der Waals surface area (Å²) in [4.78, 5) is 60.7. The molecule has 1 unspecified atom stereocenters. The van der Waals surface area contributed by atoms with Crippen LogP contribution in [0, 0.1) is 17.8 Å². The Kier molecular flexibility index (Phi) is 29.1. The SMILES string of the molecule is C.C.C.C.CC(=O)[O-].COC1=CC=C2[C@H]3Cc4ccc(OC)c5c4[C@@]2(CCN3CC2CC2)[C@H]1O5.COc1ccc2c3c1O[C@H]1C(=O)CC[C@@]4(N)[C@@H](C2)N(CC2CC2)CC[C@]314.COc1ccc2c3c1O[C@H]1C4(OC)C=C[C@]5([C@@H](C2)N(CC2CC2)CC[C@]315)N(C(=O)OCc1ccccc1)O4.O=C(NO)OCc1ccccc1.[Na+].[Na+].[O-][I+3]([O-])([O-])[O-]. The molecule has 2 amide bonds. The number of hydrogen-bond acceptors (Lipinski definition) is 25. The van der Waals surface area contributed by atoms with Gasteiger partial charge in [-0.3, -0.25) is 38.4 Å². The zero-order chi connectivity index (χ0) is 77.7. The van der Waals surface area contributed by atoms with Crippen LogP contribution < -0.4 is 138 Å². The second-order valence-electron chi connectivity index (χ2n) is 32.0. The minimum absolute atomic E-state index is 0. The van der Waals surface area contributed by atoms with Gasteiger partial charge in [-0.2, -0.15) is 5.06 Å². The number of ketones is 1. The van der Waals surface area contributed by atoms with Gasteiger partial charge in [-0.15, -0.1) is 0 Å². The maximum absolute atomic E-state index is 14.0. The molecule has 9 aliphatic carbocycles. The number of methoxy groups -OCH3 is 5. The number of amides is 2. The molecular formula is C87H111IN6Na2O21. The molecule has 4 saturated heterocycles. The van der Waals surface area contributed by atoms with Crippen molar-refractivity contribution in [3.63, 3.8) is 0 Å². The molecule has 8 fully saturated rings. The summed E-state index contributed by atoms with van der Waals surface area (Å²) in [6.45, 7) is 7.84. The molecule has 8 bridgehead atoms. The van der Waals surface area contributed by atoms with Crippen molar-refractivity contribution in [1.82, 2.24) is 25.2 Å². The first-order valence-corrected chi connectivity index (χ1v) is 42.0. The molecule has 117 heavy (non-hydrogen) atoms. The van der Waals surface area contributed by atoms with Gasteiger partial charge in [-0.05, 0) is 185 Å². The number of hydrogen-bond donors (Lipinski definition) is 3. The van der Waals surface area contributed by atoms with Crippen LogP contribution in [-0.2, 0) is 82.1 Å². The van der Waals surface area contributed by atoms with Crippen LogP contribution in [0.1, 0.15) is 152 Å². The number of carboxylic acid groups (broad SMARTS) is 1. The number of fused-ring (bicyclic) bond motifs is 1. The third-order valence-corrected chi connectivity index (χ3v) is 26.2. The van der Waals surface area contributed by atoms with E-state index < -0.39 is 67.2 Å². The van der Waals surface area contributed by atoms with E-state index in [0.717, 1.165) is 154 Å². The van der Waals surface area contributed by atoms with Gasteiger partial charge in [-0.1, -0.05) is 121 Å². The van der Waals surface area contributed by atoms with Crippen LogP contribution in [0.4, 0.5) is 9.59 Å². The fourth-order valence-corrected chi connectivity index (χ4v) is 21.1. The molecule has 17 aliphatic rings. The number of hydroxylamine groups is 3. The van der Waals surface area contributed by atoms with Gasteiger partial charge in [0.15, 0.2) is 58.6 Å². The van der Waals surface area contributed by atoms with Crippen LogP contribution >= 0.6 is 0 Å². The number of likely N-dealkylation sites (tertiary alicyclic amines) is 3. The summed E-state index contributed by atoms with van der Waals surface area (Å²) in [6.07, 6.45) is 21.3. The summed E-state index contributed by atoms with van der Waals surface area (Å²) in [5, 5.41) is 18.5. The van der Waals surface area contributed by atoms with Crippen molar-refractivity contribution in [2.24, 2.45) is 23.5 Å². The number of Topliss-reactive ketones (excluding diaryl/α,β-unsaturated/α-hetero) is 1. The second-order valence-corrected chi connectivity index (χ2v) is 34.1. The zero-order valence-electron chi connectivity index (χ0n) is 65.2. The van der Waals surface area contributed by atoms with Crippen molar-refractivity contribution in [2.45, 2.75) is 209 Å². The number of nitrogens with two attached hydrogens (primary N) is 1. The molecule has 4 spiro atoms. The minimum atomic E-state index is -5.94. The fourth-order valence-electron chi connectivity index (χ4n) is 21.1. The first kappa shape index (κ1) is 93.2. The number of nitrogens with one attached hydrogen (secondary N) is 1. The van der Waals surface area contributed by atoms with E-state index in [0.29, 0.717) is 24.3 Å². The Labute approximate surface area is 737 Å². The first-order valence-electron chi connectivity index (χ1n) is 38.4. The van der Waals surface area contributed by atoms with Crippen molar-refractivity contribution >= 4 is 23.9 Å². The first-order chi connectivity index (χ1) is 53.5. The standard InChI is InChI=1S/C30H32N2O6.C22H25NO3.C21H26N2O3.C8H9NO3.C2H4O2.4CH4.IO4.2Na/c1-34-22-11-10-21-16-23-29-12-13-30(35-2,38-32(29)27(33)36-18-20-6-4-3-5-7-20)26-28(29,24(21)25(22)37-26)14-15-31(23)17-19-8-9-19;1-24-17-7-5-14-11-16-15-6-8-18(25-2)21-22(15,19(14)20(17)26-21)9-10-23(16)12-13-3-4-13;1-25-15-5-4-13-10-16-21(22)7-6-14(24)19-20(21,17(13)18(15)26-19)8-9-23(16)11-12-2-3-12;10-8(9-11)12-6-7-4-2-1-3-5-7;1-2(3)4;;;;;2-1(3,4)5;;/h3-7,10-13,19,23,26H,8-9,14-18H2,1-2H3;5-8,13,16,21H,3-4,9-12H2,1-2H3;4-5,12,16,19H,2-3,6-11,22H2,1H3;1-5,11H,6H2,(H,9,10);1H3,(H,3,4);4*1H4;;;/q;;;;;;;;;-1;2*+1/p-1/t23-,26-,28+,29-,30?;16-,21+,22+;16-,19+,20+,21-;;;;;;;;;/m111........./s1. The number of halogens is 1. The molecule has 4 N–H and O–H groups in total. The van der Waals surface area contributed by atoms with Gasteiger partial charge in [0.05, 0.1) is 44.7 Å². The smallest absolute Gasteiger partial charge is 0.550 e. The molecule has 27 nitrogen and oxygen atoms in total. The van der Waals surface area contributed by atoms with E-state index in [4.69, 9.17) is 82.1 Å². The molecule has 0 radical (unpaired) electrons. The van der Waals surface area contributed by atoms with E-state index in [1.165, 1.54) is 89.0 Å². The van der Waals surface area contributed by atoms with Gasteiger partial charge in [0, 0.05) is 86.0 Å². The van der Waals surface area contributed by atoms with Gasteiger partial charge >= 0.3 is 71.3 Å². The van der Waals surface area contributed by atoms with E-state index in [2.05, 4.69) is 61.9 Å². The molecule has 30 heteroatoms. The van der Waals surface area contributed by atoms with E-state index in [9.17, 15) is 14.4 Å². The number of piperidine rings is 3. The molecule has 0 aromatic heterocycles. The number of carbonyl (C=O) groups is 4. The van der Waals surface area contributed by atoms with Crippen molar-refractivity contribution in [1.29, 1.82) is 0 Å². The third kappa shape index (κ3) is 16.1.